The van der Waals surface area contributed by atoms with Gasteiger partial charge >= 0.3 is 0 Å². The Bertz CT molecular complexity index is 1120. The monoisotopic (exact) mass is 432 g/mol. The summed E-state index contributed by atoms with van der Waals surface area (Å²) in [5.41, 5.74) is 2.66. The van der Waals surface area contributed by atoms with Gasteiger partial charge in [0.05, 0.1) is 21.8 Å². The molecule has 0 atom stereocenters. The fourth-order valence-electron chi connectivity index (χ4n) is 2.69. The number of aromatic nitrogens is 2. The predicted octanol–water partition coefficient (Wildman–Crippen LogP) is 6.37. The molecule has 0 spiro atoms. The van der Waals surface area contributed by atoms with Crippen LogP contribution in [0, 0.1) is 5.82 Å². The lowest BCUT2D eigenvalue weighted by Gasteiger charge is -2.08. The highest BCUT2D eigenvalue weighted by atomic mass is 35.5. The van der Waals surface area contributed by atoms with Crippen LogP contribution in [-0.2, 0) is 0 Å². The number of nitrogens with one attached hydrogen (secondary N) is 3. The maximum atomic E-state index is 13.3. The summed E-state index contributed by atoms with van der Waals surface area (Å²) in [6, 6.07) is 10.8. The molecular weight excluding hydrogens is 414 g/mol. The average Bonchev–Trinajstić information content (AvgIpc) is 3.07. The van der Waals surface area contributed by atoms with E-state index >= 15 is 0 Å². The summed E-state index contributed by atoms with van der Waals surface area (Å²) in [7, 11) is 0. The summed E-state index contributed by atoms with van der Waals surface area (Å²) >= 11 is 12.4. The Hall–Kier alpha value is -2.83. The fraction of sp³-hybridized carbons (Fsp3) is 0.143. The van der Waals surface area contributed by atoms with Crippen LogP contribution in [0.2, 0.25) is 0 Å². The van der Waals surface area contributed by atoms with Crippen molar-refractivity contribution in [3.63, 3.8) is 0 Å². The second-order valence-corrected chi connectivity index (χ2v) is 7.25. The van der Waals surface area contributed by atoms with Crippen LogP contribution in [0.1, 0.15) is 30.6 Å². The van der Waals surface area contributed by atoms with Crippen molar-refractivity contribution in [1.29, 1.82) is 0 Å². The molecule has 5 nitrogen and oxygen atoms in total. The number of imidazole rings is 1. The van der Waals surface area contributed by atoms with Crippen molar-refractivity contribution in [3.8, 4) is 0 Å². The molecule has 0 aliphatic carbocycles. The molecule has 3 N–H and O–H groups in total. The lowest BCUT2D eigenvalue weighted by molar-refractivity contribution is 0.102. The van der Waals surface area contributed by atoms with Gasteiger partial charge in [-0.1, -0.05) is 42.3 Å². The molecule has 1 heterocycles. The summed E-state index contributed by atoms with van der Waals surface area (Å²) in [5.74, 6) is -0.329. The summed E-state index contributed by atoms with van der Waals surface area (Å²) in [5, 5.41) is 6.75. The van der Waals surface area contributed by atoms with Crippen LogP contribution in [0.15, 0.2) is 64.3 Å². The third-order valence-corrected chi connectivity index (χ3v) is 4.57. The Morgan fingerprint density at radius 1 is 1.21 bits per heavy atom. The van der Waals surface area contributed by atoms with E-state index in [0.29, 0.717) is 44.0 Å². The molecule has 2 aromatic carbocycles. The number of rotatable bonds is 6. The number of hydrogen-bond donors (Lipinski definition) is 3. The smallest absolute Gasteiger partial charge is 0.255 e. The molecular formula is C21H19Cl2FN4O. The molecule has 150 valence electrons. The maximum absolute atomic E-state index is 13.3. The zero-order chi connectivity index (χ0) is 21.0. The molecule has 0 saturated carbocycles. The minimum Gasteiger partial charge on any atom is -0.324 e. The van der Waals surface area contributed by atoms with Crippen LogP contribution in [-0.4, -0.2) is 15.9 Å². The molecule has 0 fully saturated rings. The van der Waals surface area contributed by atoms with Crippen LogP contribution in [0.3, 0.4) is 0 Å². The number of amides is 1. The Labute approximate surface area is 177 Å². The van der Waals surface area contributed by atoms with Crippen molar-refractivity contribution in [2.24, 2.45) is 0 Å². The van der Waals surface area contributed by atoms with E-state index in [4.69, 9.17) is 23.2 Å². The van der Waals surface area contributed by atoms with E-state index in [1.54, 1.807) is 31.2 Å². The molecule has 3 aromatic rings. The van der Waals surface area contributed by atoms with Crippen molar-refractivity contribution in [2.75, 3.05) is 10.6 Å². The lowest BCUT2D eigenvalue weighted by Crippen LogP contribution is -2.11. The van der Waals surface area contributed by atoms with Crippen molar-refractivity contribution in [2.45, 2.75) is 20.3 Å². The third-order valence-electron chi connectivity index (χ3n) is 4.04. The number of benzene rings is 2. The van der Waals surface area contributed by atoms with E-state index in [-0.39, 0.29) is 5.91 Å². The average molecular weight is 433 g/mol. The molecule has 0 unspecified atom stereocenters. The normalized spacial score (nSPS) is 12.7. The number of carbonyl (C=O) groups is 1. The predicted molar refractivity (Wildman–Crippen MR) is 117 cm³/mol. The molecule has 0 bridgehead atoms. The van der Waals surface area contributed by atoms with Gasteiger partial charge in [0.2, 0.25) is 5.95 Å². The Kier molecular flexibility index (Phi) is 6.56. The molecule has 1 amide bonds. The zero-order valence-electron chi connectivity index (χ0n) is 15.8. The van der Waals surface area contributed by atoms with Gasteiger partial charge < -0.3 is 15.6 Å². The Balaban J connectivity index is 1.83. The first-order valence-electron chi connectivity index (χ1n) is 8.93. The fourth-order valence-corrected chi connectivity index (χ4v) is 3.23. The van der Waals surface area contributed by atoms with Crippen LogP contribution in [0.5, 0.6) is 0 Å². The Morgan fingerprint density at radius 3 is 2.69 bits per heavy atom. The first-order valence-corrected chi connectivity index (χ1v) is 9.69. The van der Waals surface area contributed by atoms with E-state index in [1.807, 2.05) is 13.0 Å². The number of aromatic amines is 1. The van der Waals surface area contributed by atoms with Crippen LogP contribution in [0.4, 0.5) is 16.0 Å². The molecule has 1 aromatic heterocycles. The largest absolute Gasteiger partial charge is 0.324 e. The zero-order valence-corrected chi connectivity index (χ0v) is 17.3. The standard InChI is InChI=1S/C21H19Cl2FN4O/c1-3-5-16(23)19(12(2)22)28-21-26-17-9-8-13(10-18(17)27-21)20(29)25-15-7-4-6-14(24)11-15/h4-11H,3H2,1-2H3,(H,25,29)(H2,26,27,28)/b16-5+,19-12-. The second-order valence-electron chi connectivity index (χ2n) is 6.28. The van der Waals surface area contributed by atoms with E-state index in [2.05, 4.69) is 20.6 Å². The van der Waals surface area contributed by atoms with Crippen molar-refractivity contribution >= 4 is 51.8 Å². The van der Waals surface area contributed by atoms with E-state index in [9.17, 15) is 9.18 Å². The molecule has 3 rings (SSSR count). The van der Waals surface area contributed by atoms with Crippen LogP contribution >= 0.6 is 23.2 Å². The van der Waals surface area contributed by atoms with Gasteiger partial charge in [-0.15, -0.1) is 0 Å². The molecule has 0 aliphatic heterocycles. The lowest BCUT2D eigenvalue weighted by atomic mass is 10.2. The minimum absolute atomic E-state index is 0.354. The quantitative estimate of drug-likeness (QED) is 0.396. The summed E-state index contributed by atoms with van der Waals surface area (Å²) in [6.45, 7) is 3.70. The maximum Gasteiger partial charge on any atom is 0.255 e. The molecule has 29 heavy (non-hydrogen) atoms. The minimum atomic E-state index is -0.420. The SMILES string of the molecule is CC/C=C(Cl)\C(Nc1nc2ccc(C(=O)Nc3cccc(F)c3)cc2[nH]1)=C(/C)Cl. The summed E-state index contributed by atoms with van der Waals surface area (Å²) in [4.78, 5) is 20.0. The van der Waals surface area contributed by atoms with Gasteiger partial charge in [-0.2, -0.15) is 0 Å². The number of carbonyl (C=O) groups excluding carboxylic acids is 1. The third kappa shape index (κ3) is 5.16. The van der Waals surface area contributed by atoms with Gasteiger partial charge in [-0.05, 0) is 49.7 Å². The van der Waals surface area contributed by atoms with Gasteiger partial charge in [0.1, 0.15) is 5.82 Å². The topological polar surface area (TPSA) is 69.8 Å². The highest BCUT2D eigenvalue weighted by Gasteiger charge is 2.12. The highest BCUT2D eigenvalue weighted by Crippen LogP contribution is 2.25. The number of halogens is 3. The summed E-state index contributed by atoms with van der Waals surface area (Å²) in [6.07, 6.45) is 2.60. The molecule has 0 aliphatic rings. The number of fused-ring (bicyclic) bond motifs is 1. The first-order chi connectivity index (χ1) is 13.9. The second kappa shape index (κ2) is 9.11. The van der Waals surface area contributed by atoms with Gasteiger partial charge in [0, 0.05) is 16.3 Å². The first kappa shape index (κ1) is 20.9. The van der Waals surface area contributed by atoms with Crippen molar-refractivity contribution in [3.05, 3.63) is 75.7 Å². The number of anilines is 2. The Morgan fingerprint density at radius 2 is 2.00 bits per heavy atom. The molecule has 8 heteroatoms. The molecule has 0 radical (unpaired) electrons. The van der Waals surface area contributed by atoms with Gasteiger partial charge in [0.25, 0.3) is 5.91 Å². The summed E-state index contributed by atoms with van der Waals surface area (Å²) < 4.78 is 13.3. The van der Waals surface area contributed by atoms with Crippen LogP contribution in [0.25, 0.3) is 11.0 Å². The van der Waals surface area contributed by atoms with Gasteiger partial charge in [0.15, 0.2) is 0 Å². The number of hydrogen-bond acceptors (Lipinski definition) is 3. The van der Waals surface area contributed by atoms with Crippen molar-refractivity contribution < 1.29 is 9.18 Å². The number of allylic oxidation sites excluding steroid dienone is 3. The van der Waals surface area contributed by atoms with Crippen molar-refractivity contribution in [1.82, 2.24) is 9.97 Å². The highest BCUT2D eigenvalue weighted by molar-refractivity contribution is 6.35. The number of nitrogens with zero attached hydrogens (tertiary/aromatic N) is 1. The van der Waals surface area contributed by atoms with Crippen LogP contribution < -0.4 is 10.6 Å². The van der Waals surface area contributed by atoms with Gasteiger partial charge in [-0.3, -0.25) is 4.79 Å². The van der Waals surface area contributed by atoms with E-state index in [0.717, 1.165) is 6.42 Å². The van der Waals surface area contributed by atoms with E-state index < -0.39 is 5.82 Å². The van der Waals surface area contributed by atoms with E-state index in [1.165, 1.54) is 18.2 Å². The number of H-pyrrole nitrogens is 1. The molecule has 0 saturated heterocycles. The van der Waals surface area contributed by atoms with Gasteiger partial charge in [-0.25, -0.2) is 9.37 Å².